The van der Waals surface area contributed by atoms with Crippen molar-refractivity contribution in [2.45, 2.75) is 19.4 Å². The van der Waals surface area contributed by atoms with E-state index in [1.54, 1.807) is 4.57 Å². The summed E-state index contributed by atoms with van der Waals surface area (Å²) in [5, 5.41) is 11.6. The zero-order valence-electron chi connectivity index (χ0n) is 14.7. The molecule has 4 rings (SSSR count). The van der Waals surface area contributed by atoms with Crippen molar-refractivity contribution in [3.05, 3.63) is 97.4 Å². The van der Waals surface area contributed by atoms with E-state index in [9.17, 15) is 10.1 Å². The molecule has 0 amide bonds. The van der Waals surface area contributed by atoms with Crippen molar-refractivity contribution < 1.29 is 4.74 Å². The van der Waals surface area contributed by atoms with Gasteiger partial charge in [0.1, 0.15) is 17.4 Å². The molecule has 0 spiro atoms. The van der Waals surface area contributed by atoms with Gasteiger partial charge in [-0.3, -0.25) is 4.79 Å². The average Bonchev–Trinajstić information content (AvgIpc) is 3.19. The maximum absolute atomic E-state index is 13.4. The van der Waals surface area contributed by atoms with Gasteiger partial charge in [0.05, 0.1) is 18.0 Å². The number of rotatable bonds is 3. The maximum atomic E-state index is 13.4. The average molecular weight is 375 g/mol. The first-order valence-electron chi connectivity index (χ1n) is 8.49. The molecule has 2 N–H and O–H groups in total. The summed E-state index contributed by atoms with van der Waals surface area (Å²) in [4.78, 5) is 14.3. The first-order valence-corrected chi connectivity index (χ1v) is 9.37. The number of benzene rings is 1. The molecule has 1 atom stereocenters. The standard InChI is InChI=1S/C21H17N3O2S/c1-13-10-16-19(21(25)24(13)12-14-6-3-2-4-7-14)18(17-8-5-9-27-17)15(11-22)20(23)26-16/h2-10,18H,12,23H2,1H3/t18-/m0/s1. The van der Waals surface area contributed by atoms with E-state index in [-0.39, 0.29) is 17.0 Å². The number of ether oxygens (including phenoxy) is 1. The van der Waals surface area contributed by atoms with Crippen LogP contribution in [-0.4, -0.2) is 4.57 Å². The molecule has 0 saturated heterocycles. The summed E-state index contributed by atoms with van der Waals surface area (Å²) in [6.07, 6.45) is 0. The van der Waals surface area contributed by atoms with Gasteiger partial charge in [0, 0.05) is 16.6 Å². The molecule has 0 aliphatic carbocycles. The summed E-state index contributed by atoms with van der Waals surface area (Å²) in [5.74, 6) is -0.0198. The van der Waals surface area contributed by atoms with Crippen LogP contribution >= 0.6 is 11.3 Å². The second-order valence-electron chi connectivity index (χ2n) is 6.38. The Hall–Kier alpha value is -3.30. The third kappa shape index (κ3) is 2.92. The third-order valence-corrected chi connectivity index (χ3v) is 5.64. The molecule has 0 radical (unpaired) electrons. The van der Waals surface area contributed by atoms with Crippen LogP contribution < -0.4 is 16.0 Å². The highest BCUT2D eigenvalue weighted by Crippen LogP contribution is 2.41. The van der Waals surface area contributed by atoms with E-state index in [2.05, 4.69) is 6.07 Å². The zero-order valence-corrected chi connectivity index (χ0v) is 15.5. The summed E-state index contributed by atoms with van der Waals surface area (Å²) >= 11 is 1.49. The number of hydrogen-bond acceptors (Lipinski definition) is 5. The summed E-state index contributed by atoms with van der Waals surface area (Å²) in [6, 6.07) is 17.6. The molecule has 27 heavy (non-hydrogen) atoms. The molecule has 6 heteroatoms. The highest BCUT2D eigenvalue weighted by atomic mass is 32.1. The van der Waals surface area contributed by atoms with Crippen molar-refractivity contribution in [1.82, 2.24) is 4.57 Å². The van der Waals surface area contributed by atoms with Crippen molar-refractivity contribution in [3.8, 4) is 11.8 Å². The van der Waals surface area contributed by atoms with Crippen LogP contribution in [0.4, 0.5) is 0 Å². The normalized spacial score (nSPS) is 15.8. The molecule has 0 saturated carbocycles. The highest BCUT2D eigenvalue weighted by Gasteiger charge is 2.34. The minimum atomic E-state index is -0.506. The van der Waals surface area contributed by atoms with Gasteiger partial charge < -0.3 is 15.0 Å². The number of allylic oxidation sites excluding steroid dienone is 1. The molecule has 1 aromatic carbocycles. The van der Waals surface area contributed by atoms with Crippen molar-refractivity contribution in [2.24, 2.45) is 5.73 Å². The topological polar surface area (TPSA) is 81.0 Å². The lowest BCUT2D eigenvalue weighted by molar-refractivity contribution is 0.389. The van der Waals surface area contributed by atoms with E-state index in [1.165, 1.54) is 11.3 Å². The molecule has 0 unspecified atom stereocenters. The number of nitrogens with zero attached hydrogens (tertiary/aromatic N) is 2. The Labute approximate surface area is 160 Å². The number of aromatic nitrogens is 1. The van der Waals surface area contributed by atoms with E-state index >= 15 is 0 Å². The number of pyridine rings is 1. The summed E-state index contributed by atoms with van der Waals surface area (Å²) in [7, 11) is 0. The Kier molecular flexibility index (Phi) is 4.30. The van der Waals surface area contributed by atoms with E-state index in [4.69, 9.17) is 10.5 Å². The molecule has 0 bridgehead atoms. The lowest BCUT2D eigenvalue weighted by Crippen LogP contribution is -2.32. The molecule has 134 valence electrons. The smallest absolute Gasteiger partial charge is 0.259 e. The van der Waals surface area contributed by atoms with E-state index in [1.807, 2.05) is 60.8 Å². The number of thiophene rings is 1. The minimum absolute atomic E-state index is 0.0583. The minimum Gasteiger partial charge on any atom is -0.440 e. The van der Waals surface area contributed by atoms with Gasteiger partial charge in [-0.2, -0.15) is 5.26 Å². The third-order valence-electron chi connectivity index (χ3n) is 4.70. The van der Waals surface area contributed by atoms with Crippen LogP contribution in [0.5, 0.6) is 5.75 Å². The first kappa shape index (κ1) is 17.1. The van der Waals surface area contributed by atoms with Crippen molar-refractivity contribution in [2.75, 3.05) is 0 Å². The van der Waals surface area contributed by atoms with Gasteiger partial charge in [0.15, 0.2) is 0 Å². The Balaban J connectivity index is 1.92. The van der Waals surface area contributed by atoms with Crippen LogP contribution in [0.1, 0.15) is 27.6 Å². The van der Waals surface area contributed by atoms with Gasteiger partial charge in [0.2, 0.25) is 5.88 Å². The molecule has 2 aromatic heterocycles. The fourth-order valence-corrected chi connectivity index (χ4v) is 4.23. The Bertz CT molecular complexity index is 1120. The second kappa shape index (κ2) is 6.78. The largest absolute Gasteiger partial charge is 0.440 e. The molecule has 3 aromatic rings. The zero-order chi connectivity index (χ0) is 19.0. The van der Waals surface area contributed by atoms with Gasteiger partial charge in [-0.25, -0.2) is 0 Å². The quantitative estimate of drug-likeness (QED) is 0.760. The van der Waals surface area contributed by atoms with Crippen LogP contribution in [-0.2, 0) is 6.54 Å². The molecule has 0 fully saturated rings. The fraction of sp³-hybridized carbons (Fsp3) is 0.143. The number of aryl methyl sites for hydroxylation is 1. The number of nitriles is 1. The molecule has 5 nitrogen and oxygen atoms in total. The van der Waals surface area contributed by atoms with Gasteiger partial charge in [-0.1, -0.05) is 36.4 Å². The van der Waals surface area contributed by atoms with Crippen molar-refractivity contribution in [1.29, 1.82) is 5.26 Å². The highest BCUT2D eigenvalue weighted by molar-refractivity contribution is 7.10. The molecular weight excluding hydrogens is 358 g/mol. The Morgan fingerprint density at radius 1 is 1.26 bits per heavy atom. The monoisotopic (exact) mass is 375 g/mol. The lowest BCUT2D eigenvalue weighted by Gasteiger charge is -2.26. The SMILES string of the molecule is Cc1cc2c(c(=O)n1Cc1ccccc1)[C@H](c1cccs1)C(C#N)=C(N)O2. The van der Waals surface area contributed by atoms with Crippen molar-refractivity contribution >= 4 is 11.3 Å². The molecular formula is C21H17N3O2S. The van der Waals surface area contributed by atoms with Crippen LogP contribution in [0.2, 0.25) is 0 Å². The van der Waals surface area contributed by atoms with Crippen LogP contribution in [0.3, 0.4) is 0 Å². The van der Waals surface area contributed by atoms with E-state index in [0.717, 1.165) is 16.1 Å². The summed E-state index contributed by atoms with van der Waals surface area (Å²) in [6.45, 7) is 2.32. The number of nitrogens with two attached hydrogens (primary N) is 1. The van der Waals surface area contributed by atoms with Crippen LogP contribution in [0.25, 0.3) is 0 Å². The van der Waals surface area contributed by atoms with Gasteiger partial charge in [-0.05, 0) is 23.9 Å². The number of fused-ring (bicyclic) bond motifs is 1. The maximum Gasteiger partial charge on any atom is 0.259 e. The summed E-state index contributed by atoms with van der Waals surface area (Å²) in [5.41, 5.74) is 8.38. The molecule has 1 aliphatic rings. The van der Waals surface area contributed by atoms with Gasteiger partial charge in [0.25, 0.3) is 5.56 Å². The van der Waals surface area contributed by atoms with Gasteiger partial charge in [-0.15, -0.1) is 11.3 Å². The lowest BCUT2D eigenvalue weighted by atomic mass is 9.88. The molecule has 1 aliphatic heterocycles. The van der Waals surface area contributed by atoms with Crippen molar-refractivity contribution in [3.63, 3.8) is 0 Å². The predicted octanol–water partition coefficient (Wildman–Crippen LogP) is 3.48. The Morgan fingerprint density at radius 2 is 2.04 bits per heavy atom. The van der Waals surface area contributed by atoms with Crippen LogP contribution in [0.15, 0.2) is 70.2 Å². The number of hydrogen-bond donors (Lipinski definition) is 1. The van der Waals surface area contributed by atoms with E-state index in [0.29, 0.717) is 17.9 Å². The molecule has 3 heterocycles. The first-order chi connectivity index (χ1) is 13.1. The van der Waals surface area contributed by atoms with E-state index < -0.39 is 5.92 Å². The second-order valence-corrected chi connectivity index (χ2v) is 7.36. The fourth-order valence-electron chi connectivity index (χ4n) is 3.39. The Morgan fingerprint density at radius 3 is 2.70 bits per heavy atom. The van der Waals surface area contributed by atoms with Crippen LogP contribution in [0, 0.1) is 18.3 Å². The predicted molar refractivity (Wildman–Crippen MR) is 105 cm³/mol. The van der Waals surface area contributed by atoms with Gasteiger partial charge >= 0.3 is 0 Å². The summed E-state index contributed by atoms with van der Waals surface area (Å²) < 4.78 is 7.37.